The number of carbonyl (C=O) groups excluding carboxylic acids is 1. The van der Waals surface area contributed by atoms with Crippen molar-refractivity contribution in [1.29, 1.82) is 0 Å². The topological polar surface area (TPSA) is 57.2 Å². The number of nitrogens with one attached hydrogen (secondary N) is 1. The Labute approximate surface area is 216 Å². The summed E-state index contributed by atoms with van der Waals surface area (Å²) in [5, 5.41) is 2.36. The minimum absolute atomic E-state index is 0.0386. The molecular formula is C25H18Cl3FN4O2. The average molecular weight is 532 g/mol. The Morgan fingerprint density at radius 3 is 2.54 bits per heavy atom. The molecule has 6 nitrogen and oxygen atoms in total. The van der Waals surface area contributed by atoms with E-state index in [-0.39, 0.29) is 10.9 Å². The molecule has 1 amide bonds. The normalized spacial score (nSPS) is 14.7. The number of aliphatic imine (C=N–C) groups is 1. The standard InChI is InChI=1S/C25H18Cl3FN4O2/c26-20-9-15(1-4-23(20)29)13-32-8-5-16-10-18(2-3-19(16)25(32)34)35-24-21(27)11-17(12-22(24)28)33-14-30-6-7-31-33/h1-4,6-7,9-12,14,31H,5,8,13H2. The van der Waals surface area contributed by atoms with Gasteiger partial charge >= 0.3 is 0 Å². The van der Waals surface area contributed by atoms with Gasteiger partial charge < -0.3 is 9.64 Å². The van der Waals surface area contributed by atoms with Crippen LogP contribution < -0.4 is 15.2 Å². The molecule has 0 radical (unpaired) electrons. The van der Waals surface area contributed by atoms with E-state index >= 15 is 0 Å². The number of hydrogen-bond acceptors (Lipinski definition) is 5. The molecule has 0 saturated carbocycles. The van der Waals surface area contributed by atoms with Crippen LogP contribution in [0.15, 0.2) is 65.9 Å². The van der Waals surface area contributed by atoms with E-state index in [1.54, 1.807) is 65.0 Å². The first-order chi connectivity index (χ1) is 16.9. The summed E-state index contributed by atoms with van der Waals surface area (Å²) >= 11 is 18.8. The molecule has 0 fully saturated rings. The van der Waals surface area contributed by atoms with E-state index in [0.29, 0.717) is 52.3 Å². The predicted molar refractivity (Wildman–Crippen MR) is 136 cm³/mol. The first-order valence-electron chi connectivity index (χ1n) is 10.7. The molecular weight excluding hydrogens is 514 g/mol. The molecule has 178 valence electrons. The van der Waals surface area contributed by atoms with Gasteiger partial charge in [0.15, 0.2) is 5.75 Å². The molecule has 0 spiro atoms. The van der Waals surface area contributed by atoms with E-state index in [0.717, 1.165) is 11.1 Å². The second-order valence-electron chi connectivity index (χ2n) is 7.96. The van der Waals surface area contributed by atoms with Crippen LogP contribution in [0.1, 0.15) is 21.5 Å². The van der Waals surface area contributed by atoms with Gasteiger partial charge in [0.2, 0.25) is 0 Å². The van der Waals surface area contributed by atoms with E-state index in [2.05, 4.69) is 10.4 Å². The van der Waals surface area contributed by atoms with Crippen molar-refractivity contribution in [2.45, 2.75) is 13.0 Å². The van der Waals surface area contributed by atoms with E-state index < -0.39 is 5.82 Å². The summed E-state index contributed by atoms with van der Waals surface area (Å²) in [7, 11) is 0. The number of hydrazine groups is 1. The van der Waals surface area contributed by atoms with Crippen LogP contribution in [0.4, 0.5) is 10.1 Å². The van der Waals surface area contributed by atoms with Crippen LogP contribution in [0.2, 0.25) is 15.1 Å². The van der Waals surface area contributed by atoms with Gasteiger partial charge in [-0.1, -0.05) is 40.9 Å². The third-order valence-electron chi connectivity index (χ3n) is 5.64. The summed E-state index contributed by atoms with van der Waals surface area (Å²) in [4.78, 5) is 18.8. The molecule has 2 aliphatic heterocycles. The van der Waals surface area contributed by atoms with Gasteiger partial charge in [0, 0.05) is 31.1 Å². The Bertz CT molecular complexity index is 1360. The maximum Gasteiger partial charge on any atom is 0.254 e. The Morgan fingerprint density at radius 2 is 1.83 bits per heavy atom. The lowest BCUT2D eigenvalue weighted by Gasteiger charge is -2.29. The highest BCUT2D eigenvalue weighted by Gasteiger charge is 2.25. The number of rotatable bonds is 5. The van der Waals surface area contributed by atoms with Gasteiger partial charge in [-0.25, -0.2) is 14.4 Å². The molecule has 0 unspecified atom stereocenters. The highest BCUT2D eigenvalue weighted by molar-refractivity contribution is 6.37. The zero-order valence-corrected chi connectivity index (χ0v) is 20.4. The van der Waals surface area contributed by atoms with Crippen LogP contribution in [-0.4, -0.2) is 23.7 Å². The number of fused-ring (bicyclic) bond motifs is 1. The Balaban J connectivity index is 1.32. The van der Waals surface area contributed by atoms with Crippen molar-refractivity contribution in [3.05, 3.63) is 98.5 Å². The van der Waals surface area contributed by atoms with Gasteiger partial charge in [-0.05, 0) is 60.0 Å². The van der Waals surface area contributed by atoms with Crippen molar-refractivity contribution in [1.82, 2.24) is 10.3 Å². The first-order valence-corrected chi connectivity index (χ1v) is 11.8. The maximum atomic E-state index is 13.4. The van der Waals surface area contributed by atoms with Gasteiger partial charge in [0.25, 0.3) is 5.91 Å². The third-order valence-corrected chi connectivity index (χ3v) is 6.49. The molecule has 0 saturated heterocycles. The number of halogens is 4. The minimum Gasteiger partial charge on any atom is -0.454 e. The van der Waals surface area contributed by atoms with Gasteiger partial charge in [-0.15, -0.1) is 0 Å². The molecule has 0 aliphatic carbocycles. The van der Waals surface area contributed by atoms with Gasteiger partial charge in [0.1, 0.15) is 17.9 Å². The van der Waals surface area contributed by atoms with Crippen LogP contribution in [0.3, 0.4) is 0 Å². The highest BCUT2D eigenvalue weighted by Crippen LogP contribution is 2.40. The number of nitrogens with zero attached hydrogens (tertiary/aromatic N) is 3. The minimum atomic E-state index is -0.484. The summed E-state index contributed by atoms with van der Waals surface area (Å²) in [6.07, 6.45) is 5.53. The molecule has 2 heterocycles. The van der Waals surface area contributed by atoms with Crippen molar-refractivity contribution in [2.24, 2.45) is 4.99 Å². The summed E-state index contributed by atoms with van der Waals surface area (Å²) in [5.41, 5.74) is 5.92. The van der Waals surface area contributed by atoms with E-state index in [1.165, 1.54) is 6.07 Å². The van der Waals surface area contributed by atoms with Gasteiger partial charge in [-0.3, -0.25) is 10.2 Å². The van der Waals surface area contributed by atoms with Crippen LogP contribution in [0.5, 0.6) is 11.5 Å². The summed E-state index contributed by atoms with van der Waals surface area (Å²) in [5.74, 6) is 0.247. The predicted octanol–water partition coefficient (Wildman–Crippen LogP) is 6.60. The molecule has 5 rings (SSSR count). The number of benzene rings is 3. The second-order valence-corrected chi connectivity index (χ2v) is 9.19. The maximum absolute atomic E-state index is 13.4. The number of carbonyl (C=O) groups is 1. The zero-order chi connectivity index (χ0) is 24.5. The lowest BCUT2D eigenvalue weighted by atomic mass is 9.98. The molecule has 35 heavy (non-hydrogen) atoms. The molecule has 3 aromatic rings. The SMILES string of the molecule is O=C1c2ccc(Oc3c(Cl)cc(N4C=NC=CN4)cc3Cl)cc2CCN1Cc1ccc(F)c(Cl)c1. The van der Waals surface area contributed by atoms with Crippen LogP contribution >= 0.6 is 34.8 Å². The van der Waals surface area contributed by atoms with E-state index in [1.807, 2.05) is 6.07 Å². The molecule has 3 aromatic carbocycles. The number of anilines is 1. The van der Waals surface area contributed by atoms with Crippen LogP contribution in [0.25, 0.3) is 0 Å². The average Bonchev–Trinajstić information content (AvgIpc) is 2.86. The Kier molecular flexibility index (Phi) is 6.56. The number of hydrogen-bond donors (Lipinski definition) is 1. The molecule has 0 aromatic heterocycles. The van der Waals surface area contributed by atoms with Gasteiger partial charge in [-0.2, -0.15) is 0 Å². The molecule has 0 atom stereocenters. The van der Waals surface area contributed by atoms with Crippen molar-refractivity contribution in [3.63, 3.8) is 0 Å². The molecule has 0 bridgehead atoms. The first kappa shape index (κ1) is 23.5. The fourth-order valence-corrected chi connectivity index (χ4v) is 4.68. The van der Waals surface area contributed by atoms with Crippen molar-refractivity contribution in [3.8, 4) is 11.5 Å². The molecule has 1 N–H and O–H groups in total. The molecule has 10 heteroatoms. The zero-order valence-electron chi connectivity index (χ0n) is 18.1. The summed E-state index contributed by atoms with van der Waals surface area (Å²) in [6, 6.07) is 13.2. The van der Waals surface area contributed by atoms with Crippen LogP contribution in [-0.2, 0) is 13.0 Å². The number of ether oxygens (including phenoxy) is 1. The third kappa shape index (κ3) is 4.93. The van der Waals surface area contributed by atoms with E-state index in [9.17, 15) is 9.18 Å². The number of amides is 1. The lowest BCUT2D eigenvalue weighted by Crippen LogP contribution is -2.37. The largest absolute Gasteiger partial charge is 0.454 e. The Morgan fingerprint density at radius 1 is 1.03 bits per heavy atom. The van der Waals surface area contributed by atoms with Crippen molar-refractivity contribution < 1.29 is 13.9 Å². The van der Waals surface area contributed by atoms with Gasteiger partial charge in [0.05, 0.1) is 20.8 Å². The summed E-state index contributed by atoms with van der Waals surface area (Å²) in [6.45, 7) is 0.861. The molecule has 2 aliphatic rings. The fourth-order valence-electron chi connectivity index (χ4n) is 3.92. The van der Waals surface area contributed by atoms with E-state index in [4.69, 9.17) is 39.5 Å². The second kappa shape index (κ2) is 9.77. The monoisotopic (exact) mass is 530 g/mol. The lowest BCUT2D eigenvalue weighted by molar-refractivity contribution is 0.0727. The van der Waals surface area contributed by atoms with Crippen molar-refractivity contribution >= 4 is 52.7 Å². The van der Waals surface area contributed by atoms with Crippen LogP contribution in [0, 0.1) is 5.82 Å². The van der Waals surface area contributed by atoms with Crippen molar-refractivity contribution in [2.75, 3.05) is 11.6 Å². The summed E-state index contributed by atoms with van der Waals surface area (Å²) < 4.78 is 19.5. The quantitative estimate of drug-likeness (QED) is 0.403. The highest BCUT2D eigenvalue weighted by atomic mass is 35.5. The smallest absolute Gasteiger partial charge is 0.254 e. The fraction of sp³-hybridized carbons (Fsp3) is 0.120. The Hall–Kier alpha value is -3.26.